The van der Waals surface area contributed by atoms with Crippen LogP contribution in [0.4, 0.5) is 16.2 Å². The molecule has 0 bridgehead atoms. The molecule has 0 fully saturated rings. The molecule has 5 rings (SSSR count). The van der Waals surface area contributed by atoms with Crippen molar-refractivity contribution in [2.24, 2.45) is 5.92 Å². The van der Waals surface area contributed by atoms with Crippen molar-refractivity contribution < 1.29 is 42.1 Å². The molecule has 3 atom stereocenters. The van der Waals surface area contributed by atoms with Gasteiger partial charge in [-0.3, -0.25) is 9.52 Å². The van der Waals surface area contributed by atoms with Crippen molar-refractivity contribution >= 4 is 33.3 Å². The molecule has 0 saturated carbocycles. The number of ether oxygens (including phenoxy) is 4. The van der Waals surface area contributed by atoms with Crippen LogP contribution in [0.15, 0.2) is 65.6 Å². The van der Waals surface area contributed by atoms with E-state index in [4.69, 9.17) is 18.9 Å². The van der Waals surface area contributed by atoms with Gasteiger partial charge in [0, 0.05) is 37.0 Å². The van der Waals surface area contributed by atoms with Crippen LogP contribution in [0, 0.1) is 5.92 Å². The summed E-state index contributed by atoms with van der Waals surface area (Å²) in [5, 5.41) is 12.8. The fraction of sp³-hybridized carbons (Fsp3) is 0.355. The number of urea groups is 1. The smallest absolute Gasteiger partial charge is 0.321 e. The fourth-order valence-corrected chi connectivity index (χ4v) is 6.07. The number of benzene rings is 3. The molecular formula is C31H36N4O9S. The minimum Gasteiger partial charge on any atom is -0.497 e. The number of amides is 3. The molecule has 240 valence electrons. The average Bonchev–Trinajstić information content (AvgIpc) is 3.50. The van der Waals surface area contributed by atoms with E-state index in [0.717, 1.165) is 0 Å². The summed E-state index contributed by atoms with van der Waals surface area (Å²) in [4.78, 5) is 29.9. The van der Waals surface area contributed by atoms with E-state index < -0.39 is 28.1 Å². The zero-order chi connectivity index (χ0) is 32.3. The van der Waals surface area contributed by atoms with E-state index in [1.165, 1.54) is 59.4 Å². The number of carbonyl (C=O) groups is 2. The van der Waals surface area contributed by atoms with Crippen LogP contribution in [0.3, 0.4) is 0 Å². The number of aliphatic hydroxyl groups excluding tert-OH is 1. The van der Waals surface area contributed by atoms with E-state index in [0.29, 0.717) is 22.9 Å². The molecular weight excluding hydrogens is 604 g/mol. The molecule has 3 amide bonds. The van der Waals surface area contributed by atoms with Crippen LogP contribution in [-0.2, 0) is 10.0 Å². The summed E-state index contributed by atoms with van der Waals surface area (Å²) in [5.41, 5.74) is 0.810. The lowest BCUT2D eigenvalue weighted by Gasteiger charge is -2.38. The van der Waals surface area contributed by atoms with Crippen LogP contribution >= 0.6 is 0 Å². The van der Waals surface area contributed by atoms with Gasteiger partial charge in [0.25, 0.3) is 15.9 Å². The zero-order valence-corrected chi connectivity index (χ0v) is 26.2. The van der Waals surface area contributed by atoms with Gasteiger partial charge in [-0.25, -0.2) is 13.2 Å². The second-order valence-corrected chi connectivity index (χ2v) is 12.7. The zero-order valence-electron chi connectivity index (χ0n) is 25.3. The predicted octanol–water partition coefficient (Wildman–Crippen LogP) is 3.61. The van der Waals surface area contributed by atoms with E-state index in [-0.39, 0.29) is 60.3 Å². The number of rotatable bonds is 9. The number of fused-ring (bicyclic) bond motifs is 2. The van der Waals surface area contributed by atoms with Gasteiger partial charge in [0.05, 0.1) is 36.8 Å². The summed E-state index contributed by atoms with van der Waals surface area (Å²) < 4.78 is 50.9. The Morgan fingerprint density at radius 2 is 1.76 bits per heavy atom. The first kappa shape index (κ1) is 31.7. The normalized spacial score (nSPS) is 18.2. The number of nitrogens with zero attached hydrogens (tertiary/aromatic N) is 2. The van der Waals surface area contributed by atoms with Crippen molar-refractivity contribution in [3.05, 3.63) is 66.2 Å². The van der Waals surface area contributed by atoms with E-state index >= 15 is 0 Å². The van der Waals surface area contributed by atoms with Crippen LogP contribution in [0.2, 0.25) is 0 Å². The Morgan fingerprint density at radius 3 is 2.47 bits per heavy atom. The molecule has 0 spiro atoms. The first-order valence-electron chi connectivity index (χ1n) is 14.3. The molecule has 0 saturated heterocycles. The largest absolute Gasteiger partial charge is 0.497 e. The monoisotopic (exact) mass is 640 g/mol. The lowest BCUT2D eigenvalue weighted by molar-refractivity contribution is 0.0371. The summed E-state index contributed by atoms with van der Waals surface area (Å²) in [6.07, 6.45) is -0.556. The van der Waals surface area contributed by atoms with E-state index in [1.54, 1.807) is 32.2 Å². The number of methoxy groups -OCH3 is 1. The number of likely N-dealkylation sites (N-methyl/N-ethyl adjacent to an activating group) is 1. The van der Waals surface area contributed by atoms with Gasteiger partial charge in [-0.15, -0.1) is 0 Å². The van der Waals surface area contributed by atoms with Crippen LogP contribution in [-0.4, -0.2) is 88.1 Å². The molecule has 3 aromatic carbocycles. The van der Waals surface area contributed by atoms with E-state index in [9.17, 15) is 23.1 Å². The van der Waals surface area contributed by atoms with Gasteiger partial charge in [0.1, 0.15) is 17.6 Å². The Kier molecular flexibility index (Phi) is 9.25. The van der Waals surface area contributed by atoms with Crippen molar-refractivity contribution in [1.29, 1.82) is 0 Å². The number of carbonyl (C=O) groups excluding carboxylic acids is 2. The van der Waals surface area contributed by atoms with Crippen LogP contribution in [0.5, 0.6) is 23.0 Å². The Hall–Kier alpha value is -4.69. The maximum absolute atomic E-state index is 13.8. The van der Waals surface area contributed by atoms with Gasteiger partial charge >= 0.3 is 6.03 Å². The Bertz CT molecular complexity index is 1670. The highest BCUT2D eigenvalue weighted by molar-refractivity contribution is 7.92. The number of aliphatic hydroxyl groups is 1. The van der Waals surface area contributed by atoms with Crippen molar-refractivity contribution in [3.63, 3.8) is 0 Å². The Morgan fingerprint density at radius 1 is 1.07 bits per heavy atom. The SMILES string of the molecule is COc1ccc(S(=O)(=O)Nc2ccc3c(c2)C(=O)N([C@H](C)CO)C[C@H](C)[C@H](CN(C)C(=O)Nc2ccc4c(c2)OCO4)O3)cc1. The summed E-state index contributed by atoms with van der Waals surface area (Å²) >= 11 is 0. The molecule has 0 unspecified atom stereocenters. The molecule has 0 aromatic heterocycles. The first-order chi connectivity index (χ1) is 21.5. The third kappa shape index (κ3) is 7.02. The van der Waals surface area contributed by atoms with Gasteiger partial charge in [-0.2, -0.15) is 0 Å². The molecule has 13 nitrogen and oxygen atoms in total. The number of hydrogen-bond donors (Lipinski definition) is 3. The van der Waals surface area contributed by atoms with E-state index in [1.807, 2.05) is 6.92 Å². The van der Waals surface area contributed by atoms with Crippen LogP contribution < -0.4 is 29.0 Å². The van der Waals surface area contributed by atoms with Crippen molar-refractivity contribution in [1.82, 2.24) is 9.80 Å². The number of hydrogen-bond acceptors (Lipinski definition) is 9. The van der Waals surface area contributed by atoms with Crippen LogP contribution in [0.25, 0.3) is 0 Å². The fourth-order valence-electron chi connectivity index (χ4n) is 5.02. The van der Waals surface area contributed by atoms with Gasteiger partial charge in [0.15, 0.2) is 11.5 Å². The molecule has 3 aromatic rings. The third-order valence-electron chi connectivity index (χ3n) is 7.71. The highest BCUT2D eigenvalue weighted by Gasteiger charge is 2.34. The van der Waals surface area contributed by atoms with Gasteiger partial charge in [-0.1, -0.05) is 6.92 Å². The second-order valence-electron chi connectivity index (χ2n) is 11.0. The van der Waals surface area contributed by atoms with Gasteiger partial charge in [-0.05, 0) is 61.5 Å². The quantitative estimate of drug-likeness (QED) is 0.318. The molecule has 2 aliphatic rings. The number of anilines is 2. The van der Waals surface area contributed by atoms with Crippen molar-refractivity contribution in [2.45, 2.75) is 30.9 Å². The number of sulfonamides is 1. The molecule has 2 heterocycles. The lowest BCUT2D eigenvalue weighted by Crippen LogP contribution is -2.50. The number of nitrogens with one attached hydrogen (secondary N) is 2. The standard InChI is InChI=1S/C31H36N4O9S/c1-19-15-35(20(2)17-36)30(37)25-13-22(33-45(39,40)24-9-7-23(41-4)8-10-24)6-11-26(25)44-29(19)16-34(3)31(38)32-21-5-12-27-28(14-21)43-18-42-27/h5-14,19-20,29,33,36H,15-18H2,1-4H3,(H,32,38)/t19-,20+,29-/m0/s1. The predicted molar refractivity (Wildman–Crippen MR) is 166 cm³/mol. The maximum atomic E-state index is 13.8. The van der Waals surface area contributed by atoms with E-state index in [2.05, 4.69) is 10.0 Å². The maximum Gasteiger partial charge on any atom is 0.321 e. The van der Waals surface area contributed by atoms with Crippen molar-refractivity contribution in [2.75, 3.05) is 50.7 Å². The molecule has 14 heteroatoms. The summed E-state index contributed by atoms with van der Waals surface area (Å²) in [6, 6.07) is 14.5. The highest BCUT2D eigenvalue weighted by atomic mass is 32.2. The van der Waals surface area contributed by atoms with Crippen molar-refractivity contribution in [3.8, 4) is 23.0 Å². The molecule has 3 N–H and O–H groups in total. The van der Waals surface area contributed by atoms with Crippen LogP contribution in [0.1, 0.15) is 24.2 Å². The molecule has 0 aliphatic carbocycles. The molecule has 0 radical (unpaired) electrons. The minimum atomic E-state index is -3.98. The summed E-state index contributed by atoms with van der Waals surface area (Å²) in [5.74, 6) is 1.21. The topological polar surface area (TPSA) is 156 Å². The Labute approximate surface area is 261 Å². The highest BCUT2D eigenvalue weighted by Crippen LogP contribution is 2.35. The first-order valence-corrected chi connectivity index (χ1v) is 15.8. The van der Waals surface area contributed by atoms with Gasteiger partial charge < -0.3 is 39.2 Å². The summed E-state index contributed by atoms with van der Waals surface area (Å²) in [6.45, 7) is 3.86. The summed E-state index contributed by atoms with van der Waals surface area (Å²) in [7, 11) is -0.866. The second kappa shape index (κ2) is 13.1. The van der Waals surface area contributed by atoms with Gasteiger partial charge in [0.2, 0.25) is 6.79 Å². The average molecular weight is 641 g/mol. The molecule has 45 heavy (non-hydrogen) atoms. The Balaban J connectivity index is 1.38. The third-order valence-corrected chi connectivity index (χ3v) is 9.11. The lowest BCUT2D eigenvalue weighted by atomic mass is 9.99. The molecule has 2 aliphatic heterocycles. The minimum absolute atomic E-state index is 0.0177.